The quantitative estimate of drug-likeness (QED) is 0.544. The minimum atomic E-state index is -0.944. The molecule has 25 heavy (non-hydrogen) atoms. The van der Waals surface area contributed by atoms with E-state index >= 15 is 0 Å². The molecule has 1 heterocycles. The molecule has 1 fully saturated rings. The lowest BCUT2D eigenvalue weighted by atomic mass is 9.80. The summed E-state index contributed by atoms with van der Waals surface area (Å²) in [5.74, 6) is 0.0963. The molecule has 138 valence electrons. The normalized spacial score (nSPS) is 20.7. The van der Waals surface area contributed by atoms with Gasteiger partial charge in [-0.2, -0.15) is 0 Å². The van der Waals surface area contributed by atoms with Gasteiger partial charge in [0.1, 0.15) is 17.6 Å². The van der Waals surface area contributed by atoms with Gasteiger partial charge < -0.3 is 20.2 Å². The summed E-state index contributed by atoms with van der Waals surface area (Å²) in [5.41, 5.74) is -0.944. The molecule has 1 atom stereocenters. The molecule has 2 amide bonds. The molecule has 0 aromatic rings. The number of ether oxygens (including phenoxy) is 1. The molecule has 0 bridgehead atoms. The van der Waals surface area contributed by atoms with Gasteiger partial charge in [-0.3, -0.25) is 9.59 Å². The molecule has 2 N–H and O–H groups in total. The minimum Gasteiger partial charge on any atom is -0.494 e. The van der Waals surface area contributed by atoms with Crippen molar-refractivity contribution >= 4 is 18.1 Å². The number of aldehydes is 1. The van der Waals surface area contributed by atoms with Crippen molar-refractivity contribution in [1.29, 1.82) is 0 Å². The lowest BCUT2D eigenvalue weighted by molar-refractivity contribution is -0.135. The zero-order chi connectivity index (χ0) is 18.3. The van der Waals surface area contributed by atoms with Crippen molar-refractivity contribution in [2.24, 2.45) is 5.92 Å². The predicted molar refractivity (Wildman–Crippen MR) is 94.6 cm³/mol. The Morgan fingerprint density at radius 3 is 2.52 bits per heavy atom. The van der Waals surface area contributed by atoms with Crippen molar-refractivity contribution in [3.05, 3.63) is 24.0 Å². The predicted octanol–water partition coefficient (Wildman–Crippen LogP) is 2.01. The van der Waals surface area contributed by atoms with Crippen molar-refractivity contribution in [1.82, 2.24) is 10.6 Å². The fraction of sp³-hybridized carbons (Fsp3) is 0.632. The fourth-order valence-corrected chi connectivity index (χ4v) is 3.20. The Kier molecular flexibility index (Phi) is 6.79. The van der Waals surface area contributed by atoms with Gasteiger partial charge in [0, 0.05) is 12.5 Å². The minimum absolute atomic E-state index is 0.00383. The maximum Gasteiger partial charge on any atom is 0.246 e. The van der Waals surface area contributed by atoms with Gasteiger partial charge in [0.25, 0.3) is 0 Å². The van der Waals surface area contributed by atoms with Crippen LogP contribution in [0, 0.1) is 5.92 Å². The molecule has 0 unspecified atom stereocenters. The molecular formula is C19H28N2O4. The van der Waals surface area contributed by atoms with E-state index in [-0.39, 0.29) is 17.7 Å². The van der Waals surface area contributed by atoms with Crippen molar-refractivity contribution < 1.29 is 19.1 Å². The SMILES string of the molecule is CC(C)[C@@H](C=O)NC(=O)C1(NC(=O)/C=C/C2=CCCO2)CCCCC1. The number of rotatable bonds is 7. The van der Waals surface area contributed by atoms with Crippen molar-refractivity contribution in [2.45, 2.75) is 64.0 Å². The summed E-state index contributed by atoms with van der Waals surface area (Å²) in [7, 11) is 0. The topological polar surface area (TPSA) is 84.5 Å². The average molecular weight is 348 g/mol. The standard InChI is InChI=1S/C19H28N2O4/c1-14(2)16(13-22)20-18(24)19(10-4-3-5-11-19)21-17(23)9-8-15-7-6-12-25-15/h7-9,13-14,16H,3-6,10-12H2,1-2H3,(H,20,24)(H,21,23)/b9-8+/t16-/m1/s1. The molecule has 0 spiro atoms. The molecule has 1 saturated carbocycles. The monoisotopic (exact) mass is 348 g/mol. The molecule has 0 aromatic heterocycles. The summed E-state index contributed by atoms with van der Waals surface area (Å²) in [6, 6.07) is -0.546. The Morgan fingerprint density at radius 2 is 1.96 bits per heavy atom. The summed E-state index contributed by atoms with van der Waals surface area (Å²) in [4.78, 5) is 36.4. The van der Waals surface area contributed by atoms with Gasteiger partial charge in [0.15, 0.2) is 0 Å². The van der Waals surface area contributed by atoms with E-state index in [2.05, 4.69) is 10.6 Å². The molecule has 0 saturated heterocycles. The van der Waals surface area contributed by atoms with E-state index in [9.17, 15) is 14.4 Å². The first-order valence-electron chi connectivity index (χ1n) is 9.06. The second kappa shape index (κ2) is 8.83. The van der Waals surface area contributed by atoms with Gasteiger partial charge in [-0.25, -0.2) is 0 Å². The third-order valence-electron chi connectivity index (χ3n) is 4.80. The highest BCUT2D eigenvalue weighted by Crippen LogP contribution is 2.29. The highest BCUT2D eigenvalue weighted by atomic mass is 16.5. The number of carbonyl (C=O) groups excluding carboxylic acids is 3. The van der Waals surface area contributed by atoms with Crippen LogP contribution >= 0.6 is 0 Å². The van der Waals surface area contributed by atoms with Crippen molar-refractivity contribution in [3.8, 4) is 0 Å². The number of hydrogen-bond donors (Lipinski definition) is 2. The molecule has 0 aromatic carbocycles. The Bertz CT molecular complexity index is 560. The summed E-state index contributed by atoms with van der Waals surface area (Å²) in [5, 5.41) is 5.69. The molecule has 6 heteroatoms. The lowest BCUT2D eigenvalue weighted by Gasteiger charge is -2.37. The third kappa shape index (κ3) is 5.18. The van der Waals surface area contributed by atoms with Crippen LogP contribution in [0.15, 0.2) is 24.0 Å². The van der Waals surface area contributed by atoms with Crippen LogP contribution in [-0.4, -0.2) is 36.3 Å². The van der Waals surface area contributed by atoms with E-state index in [0.29, 0.717) is 25.2 Å². The van der Waals surface area contributed by atoms with Gasteiger partial charge in [0.2, 0.25) is 11.8 Å². The molecule has 0 radical (unpaired) electrons. The van der Waals surface area contributed by atoms with E-state index in [0.717, 1.165) is 32.0 Å². The van der Waals surface area contributed by atoms with Gasteiger partial charge in [-0.15, -0.1) is 0 Å². The zero-order valence-electron chi connectivity index (χ0n) is 15.0. The first kappa shape index (κ1) is 19.2. The second-order valence-corrected chi connectivity index (χ2v) is 7.09. The number of carbonyl (C=O) groups is 3. The van der Waals surface area contributed by atoms with Gasteiger partial charge in [-0.05, 0) is 30.9 Å². The maximum atomic E-state index is 12.8. The zero-order valence-corrected chi connectivity index (χ0v) is 15.0. The van der Waals surface area contributed by atoms with Crippen LogP contribution in [0.3, 0.4) is 0 Å². The van der Waals surface area contributed by atoms with Crippen LogP contribution in [0.4, 0.5) is 0 Å². The van der Waals surface area contributed by atoms with Gasteiger partial charge in [0.05, 0.1) is 12.6 Å². The number of hydrogen-bond acceptors (Lipinski definition) is 4. The average Bonchev–Trinajstić information content (AvgIpc) is 3.11. The lowest BCUT2D eigenvalue weighted by Crippen LogP contribution is -2.61. The summed E-state index contributed by atoms with van der Waals surface area (Å²) < 4.78 is 5.34. The highest BCUT2D eigenvalue weighted by Gasteiger charge is 2.41. The van der Waals surface area contributed by atoms with E-state index in [4.69, 9.17) is 4.74 Å². The summed E-state index contributed by atoms with van der Waals surface area (Å²) in [6.45, 7) is 4.39. The van der Waals surface area contributed by atoms with E-state index < -0.39 is 11.6 Å². The van der Waals surface area contributed by atoms with Crippen LogP contribution < -0.4 is 10.6 Å². The number of nitrogens with one attached hydrogen (secondary N) is 2. The van der Waals surface area contributed by atoms with Crippen LogP contribution in [0.2, 0.25) is 0 Å². The van der Waals surface area contributed by atoms with E-state index in [1.165, 1.54) is 6.08 Å². The summed E-state index contributed by atoms with van der Waals surface area (Å²) >= 11 is 0. The first-order valence-corrected chi connectivity index (χ1v) is 9.06. The number of amides is 2. The van der Waals surface area contributed by atoms with Gasteiger partial charge >= 0.3 is 0 Å². The van der Waals surface area contributed by atoms with E-state index in [1.807, 2.05) is 19.9 Å². The highest BCUT2D eigenvalue weighted by molar-refractivity contribution is 5.96. The molecule has 2 aliphatic rings. The van der Waals surface area contributed by atoms with Crippen LogP contribution in [0.5, 0.6) is 0 Å². The molecule has 2 rings (SSSR count). The second-order valence-electron chi connectivity index (χ2n) is 7.09. The number of allylic oxidation sites excluding steroid dienone is 1. The molecular weight excluding hydrogens is 320 g/mol. The Labute approximate surface area is 149 Å². The van der Waals surface area contributed by atoms with Crippen molar-refractivity contribution in [3.63, 3.8) is 0 Å². The molecule has 1 aliphatic carbocycles. The Balaban J connectivity index is 2.06. The largest absolute Gasteiger partial charge is 0.494 e. The van der Waals surface area contributed by atoms with Crippen molar-refractivity contribution in [2.75, 3.05) is 6.61 Å². The third-order valence-corrected chi connectivity index (χ3v) is 4.80. The van der Waals surface area contributed by atoms with Gasteiger partial charge in [-0.1, -0.05) is 33.1 Å². The van der Waals surface area contributed by atoms with E-state index in [1.54, 1.807) is 6.08 Å². The summed E-state index contributed by atoms with van der Waals surface area (Å²) in [6.07, 6.45) is 10.5. The Hall–Kier alpha value is -2.11. The Morgan fingerprint density at radius 1 is 1.24 bits per heavy atom. The van der Waals surface area contributed by atoms with Crippen LogP contribution in [0.1, 0.15) is 52.4 Å². The molecule has 6 nitrogen and oxygen atoms in total. The smallest absolute Gasteiger partial charge is 0.246 e. The first-order chi connectivity index (χ1) is 12.0. The fourth-order valence-electron chi connectivity index (χ4n) is 3.20. The maximum absolute atomic E-state index is 12.8. The molecule has 1 aliphatic heterocycles. The van der Waals surface area contributed by atoms with Crippen LogP contribution in [0.25, 0.3) is 0 Å². The van der Waals surface area contributed by atoms with Crippen LogP contribution in [-0.2, 0) is 19.1 Å².